The van der Waals surface area contributed by atoms with Gasteiger partial charge in [0.1, 0.15) is 0 Å². The lowest BCUT2D eigenvalue weighted by atomic mass is 10.0. The van der Waals surface area contributed by atoms with E-state index in [1.165, 1.54) is 0 Å². The van der Waals surface area contributed by atoms with Gasteiger partial charge in [0.25, 0.3) is 0 Å². The summed E-state index contributed by atoms with van der Waals surface area (Å²) < 4.78 is 0. The Balaban J connectivity index is 2.01. The third-order valence-corrected chi connectivity index (χ3v) is 4.14. The molecule has 0 fully saturated rings. The number of hydrogen-bond acceptors (Lipinski definition) is 3. The first-order valence-electron chi connectivity index (χ1n) is 6.88. The zero-order valence-corrected chi connectivity index (χ0v) is 13.3. The topological polar surface area (TPSA) is 45.1 Å². The number of pyridine rings is 1. The molecule has 0 aliphatic rings. The maximum absolute atomic E-state index is 10.2. The second-order valence-electron chi connectivity index (χ2n) is 4.84. The van der Waals surface area contributed by atoms with Crippen LogP contribution in [0.25, 0.3) is 0 Å². The van der Waals surface area contributed by atoms with Gasteiger partial charge in [0.05, 0.1) is 16.1 Å². The SMILES string of the molecule is CCC(NCC(O)c1ccncc1)c1ccc(Cl)c(Cl)c1. The van der Waals surface area contributed by atoms with E-state index in [9.17, 15) is 5.11 Å². The largest absolute Gasteiger partial charge is 0.387 e. The number of rotatable bonds is 6. The molecule has 2 rings (SSSR count). The Morgan fingerprint density at radius 1 is 1.10 bits per heavy atom. The van der Waals surface area contributed by atoms with Crippen LogP contribution in [0, 0.1) is 0 Å². The summed E-state index contributed by atoms with van der Waals surface area (Å²) in [6.45, 7) is 2.54. The van der Waals surface area contributed by atoms with Gasteiger partial charge < -0.3 is 10.4 Å². The highest BCUT2D eigenvalue weighted by Gasteiger charge is 2.13. The van der Waals surface area contributed by atoms with Crippen molar-refractivity contribution in [3.05, 3.63) is 63.9 Å². The summed E-state index contributed by atoms with van der Waals surface area (Å²) in [4.78, 5) is 3.95. The summed E-state index contributed by atoms with van der Waals surface area (Å²) >= 11 is 12.0. The Morgan fingerprint density at radius 3 is 2.43 bits per heavy atom. The molecule has 0 saturated heterocycles. The molecular weight excluding hydrogens is 307 g/mol. The van der Waals surface area contributed by atoms with Crippen LogP contribution in [0.15, 0.2) is 42.7 Å². The van der Waals surface area contributed by atoms with Crippen molar-refractivity contribution in [1.82, 2.24) is 10.3 Å². The Kier molecular flexibility index (Phi) is 6.00. The van der Waals surface area contributed by atoms with Crippen molar-refractivity contribution in [1.29, 1.82) is 0 Å². The van der Waals surface area contributed by atoms with E-state index in [-0.39, 0.29) is 6.04 Å². The third kappa shape index (κ3) is 4.42. The normalized spacial score (nSPS) is 13.9. The van der Waals surface area contributed by atoms with Gasteiger partial charge >= 0.3 is 0 Å². The first-order chi connectivity index (χ1) is 10.1. The fourth-order valence-electron chi connectivity index (χ4n) is 2.18. The number of halogens is 2. The third-order valence-electron chi connectivity index (χ3n) is 3.40. The molecular formula is C16H18Cl2N2O. The van der Waals surface area contributed by atoms with Crippen LogP contribution in [0.1, 0.15) is 36.6 Å². The predicted octanol–water partition coefficient (Wildman–Crippen LogP) is 4.16. The van der Waals surface area contributed by atoms with Crippen LogP contribution in [0.4, 0.5) is 0 Å². The highest BCUT2D eigenvalue weighted by molar-refractivity contribution is 6.42. The van der Waals surface area contributed by atoms with Gasteiger partial charge in [0.2, 0.25) is 0 Å². The van der Waals surface area contributed by atoms with Crippen molar-refractivity contribution in [3.8, 4) is 0 Å². The summed E-state index contributed by atoms with van der Waals surface area (Å²) in [7, 11) is 0. The Morgan fingerprint density at radius 2 is 1.81 bits per heavy atom. The molecule has 0 spiro atoms. The molecule has 2 unspecified atom stereocenters. The van der Waals surface area contributed by atoms with Crippen molar-refractivity contribution in [3.63, 3.8) is 0 Å². The van der Waals surface area contributed by atoms with Crippen molar-refractivity contribution in [2.24, 2.45) is 0 Å². The van der Waals surface area contributed by atoms with Gasteiger partial charge in [-0.15, -0.1) is 0 Å². The van der Waals surface area contributed by atoms with Crippen LogP contribution in [0.2, 0.25) is 10.0 Å². The summed E-state index contributed by atoms with van der Waals surface area (Å²) in [5.74, 6) is 0. The summed E-state index contributed by atoms with van der Waals surface area (Å²) in [5.41, 5.74) is 1.91. The minimum absolute atomic E-state index is 0.122. The van der Waals surface area contributed by atoms with Gasteiger partial charge in [0.15, 0.2) is 0 Å². The van der Waals surface area contributed by atoms with Crippen LogP contribution in [-0.2, 0) is 0 Å². The molecule has 0 amide bonds. The van der Waals surface area contributed by atoms with Crippen molar-refractivity contribution < 1.29 is 5.11 Å². The Labute approximate surface area is 134 Å². The molecule has 112 valence electrons. The second kappa shape index (κ2) is 7.76. The number of hydrogen-bond donors (Lipinski definition) is 2. The monoisotopic (exact) mass is 324 g/mol. The molecule has 1 aromatic heterocycles. The Bertz CT molecular complexity index is 578. The summed E-state index contributed by atoms with van der Waals surface area (Å²) in [5, 5.41) is 14.6. The Hall–Kier alpha value is -1.13. The fraction of sp³-hybridized carbons (Fsp3) is 0.312. The highest BCUT2D eigenvalue weighted by atomic mass is 35.5. The maximum Gasteiger partial charge on any atom is 0.0915 e. The predicted molar refractivity (Wildman–Crippen MR) is 86.7 cm³/mol. The molecule has 1 heterocycles. The van der Waals surface area contributed by atoms with Crippen LogP contribution >= 0.6 is 23.2 Å². The van der Waals surface area contributed by atoms with E-state index in [4.69, 9.17) is 23.2 Å². The minimum Gasteiger partial charge on any atom is -0.387 e. The second-order valence-corrected chi connectivity index (χ2v) is 5.65. The lowest BCUT2D eigenvalue weighted by molar-refractivity contribution is 0.169. The van der Waals surface area contributed by atoms with Crippen molar-refractivity contribution >= 4 is 23.2 Å². The number of aromatic nitrogens is 1. The van der Waals surface area contributed by atoms with E-state index in [0.29, 0.717) is 16.6 Å². The molecule has 3 nitrogen and oxygen atoms in total. The molecule has 1 aromatic carbocycles. The molecule has 0 radical (unpaired) electrons. The van der Waals surface area contributed by atoms with Crippen molar-refractivity contribution in [2.75, 3.05) is 6.54 Å². The van der Waals surface area contributed by atoms with Gasteiger partial charge in [-0.1, -0.05) is 36.2 Å². The van der Waals surface area contributed by atoms with Gasteiger partial charge in [0, 0.05) is 25.0 Å². The number of nitrogens with zero attached hydrogens (tertiary/aromatic N) is 1. The number of benzene rings is 1. The van der Waals surface area contributed by atoms with Crippen LogP contribution in [0.5, 0.6) is 0 Å². The van der Waals surface area contributed by atoms with E-state index < -0.39 is 6.10 Å². The molecule has 2 aromatic rings. The van der Waals surface area contributed by atoms with Crippen LogP contribution in [0.3, 0.4) is 0 Å². The first-order valence-corrected chi connectivity index (χ1v) is 7.63. The van der Waals surface area contributed by atoms with E-state index in [1.807, 2.05) is 24.3 Å². The first kappa shape index (κ1) is 16.2. The molecule has 0 bridgehead atoms. The molecule has 21 heavy (non-hydrogen) atoms. The smallest absolute Gasteiger partial charge is 0.0915 e. The summed E-state index contributed by atoms with van der Waals surface area (Å²) in [6.07, 6.45) is 3.68. The van der Waals surface area contributed by atoms with Crippen LogP contribution < -0.4 is 5.32 Å². The van der Waals surface area contributed by atoms with Gasteiger partial charge in [-0.05, 0) is 41.8 Å². The van der Waals surface area contributed by atoms with E-state index in [0.717, 1.165) is 17.5 Å². The molecule has 5 heteroatoms. The minimum atomic E-state index is -0.565. The zero-order chi connectivity index (χ0) is 15.2. The standard InChI is InChI=1S/C16H18Cl2N2O/c1-2-15(12-3-4-13(17)14(18)9-12)20-10-16(21)11-5-7-19-8-6-11/h3-9,15-16,20-21H,2,10H2,1H3. The molecule has 0 aliphatic heterocycles. The molecule has 0 aliphatic carbocycles. The summed E-state index contributed by atoms with van der Waals surface area (Å²) in [6, 6.07) is 9.36. The highest BCUT2D eigenvalue weighted by Crippen LogP contribution is 2.27. The average Bonchev–Trinajstić information content (AvgIpc) is 2.52. The maximum atomic E-state index is 10.2. The van der Waals surface area contributed by atoms with E-state index in [2.05, 4.69) is 17.2 Å². The van der Waals surface area contributed by atoms with Crippen LogP contribution in [-0.4, -0.2) is 16.6 Å². The number of aliphatic hydroxyl groups is 1. The van der Waals surface area contributed by atoms with Gasteiger partial charge in [-0.25, -0.2) is 0 Å². The lowest BCUT2D eigenvalue weighted by Gasteiger charge is -2.20. The zero-order valence-electron chi connectivity index (χ0n) is 11.8. The van der Waals surface area contributed by atoms with E-state index in [1.54, 1.807) is 18.5 Å². The molecule has 2 atom stereocenters. The quantitative estimate of drug-likeness (QED) is 0.838. The van der Waals surface area contributed by atoms with Gasteiger partial charge in [-0.2, -0.15) is 0 Å². The number of aliphatic hydroxyl groups excluding tert-OH is 1. The van der Waals surface area contributed by atoms with Crippen molar-refractivity contribution in [2.45, 2.75) is 25.5 Å². The number of nitrogens with one attached hydrogen (secondary N) is 1. The molecule has 0 saturated carbocycles. The van der Waals surface area contributed by atoms with E-state index >= 15 is 0 Å². The molecule has 2 N–H and O–H groups in total. The van der Waals surface area contributed by atoms with Gasteiger partial charge in [-0.3, -0.25) is 4.98 Å². The average molecular weight is 325 g/mol. The lowest BCUT2D eigenvalue weighted by Crippen LogP contribution is -2.26. The fourth-order valence-corrected chi connectivity index (χ4v) is 2.49.